The number of rotatable bonds is 4. The molecule has 0 bridgehead atoms. The van der Waals surface area contributed by atoms with E-state index in [1.807, 2.05) is 18.2 Å². The van der Waals surface area contributed by atoms with E-state index in [0.29, 0.717) is 11.6 Å². The van der Waals surface area contributed by atoms with E-state index in [-0.39, 0.29) is 5.97 Å². The van der Waals surface area contributed by atoms with Crippen molar-refractivity contribution in [2.24, 2.45) is 0 Å². The number of carbonyl (C=O) groups excluding carboxylic acids is 1. The van der Waals surface area contributed by atoms with Gasteiger partial charge in [0.05, 0.1) is 12.7 Å². The van der Waals surface area contributed by atoms with Gasteiger partial charge in [0, 0.05) is 37.4 Å². The summed E-state index contributed by atoms with van der Waals surface area (Å²) in [6.07, 6.45) is 3.27. The molecule has 0 amide bonds. The van der Waals surface area contributed by atoms with Crippen LogP contribution in [0.3, 0.4) is 0 Å². The summed E-state index contributed by atoms with van der Waals surface area (Å²) in [7, 11) is 1.42. The highest BCUT2D eigenvalue weighted by atomic mass is 16.5. The number of methoxy groups -OCH3 is 1. The summed E-state index contributed by atoms with van der Waals surface area (Å²) in [6.45, 7) is 3.11. The molecule has 4 heteroatoms. The molecular formula is C21H22N2O2. The number of hydrogen-bond donors (Lipinski definition) is 0. The smallest absolute Gasteiger partial charge is 0.337 e. The second kappa shape index (κ2) is 6.73. The maximum atomic E-state index is 11.8. The molecule has 2 heterocycles. The normalized spacial score (nSPS) is 17.9. The van der Waals surface area contributed by atoms with Crippen LogP contribution in [0.25, 0.3) is 10.9 Å². The first kappa shape index (κ1) is 15.9. The van der Waals surface area contributed by atoms with Crippen LogP contribution in [0.2, 0.25) is 0 Å². The SMILES string of the molecule is COC(=O)c1ccc2ccn(C3CCN(Cc4ccccc4)C3)c2c1. The molecule has 3 aromatic rings. The Morgan fingerprint density at radius 1 is 1.16 bits per heavy atom. The Kier molecular flexibility index (Phi) is 4.28. The summed E-state index contributed by atoms with van der Waals surface area (Å²) in [5, 5.41) is 1.16. The molecule has 0 aliphatic carbocycles. The molecule has 0 N–H and O–H groups in total. The molecule has 4 rings (SSSR count). The number of nitrogens with zero attached hydrogens (tertiary/aromatic N) is 2. The zero-order chi connectivity index (χ0) is 17.2. The Bertz CT molecular complexity index is 885. The van der Waals surface area contributed by atoms with Crippen LogP contribution in [0.15, 0.2) is 60.8 Å². The van der Waals surface area contributed by atoms with Gasteiger partial charge in [0.25, 0.3) is 0 Å². The predicted molar refractivity (Wildman–Crippen MR) is 98.7 cm³/mol. The second-order valence-electron chi connectivity index (χ2n) is 6.65. The van der Waals surface area contributed by atoms with Crippen LogP contribution >= 0.6 is 0 Å². The third-order valence-corrected chi connectivity index (χ3v) is 5.03. The fourth-order valence-electron chi connectivity index (χ4n) is 3.74. The highest BCUT2D eigenvalue weighted by molar-refractivity contribution is 5.94. The maximum Gasteiger partial charge on any atom is 0.337 e. The third kappa shape index (κ3) is 3.17. The molecule has 25 heavy (non-hydrogen) atoms. The van der Waals surface area contributed by atoms with Crippen molar-refractivity contribution in [1.82, 2.24) is 9.47 Å². The predicted octanol–water partition coefficient (Wildman–Crippen LogP) is 3.87. The number of hydrogen-bond acceptors (Lipinski definition) is 3. The van der Waals surface area contributed by atoms with Crippen molar-refractivity contribution in [3.05, 3.63) is 71.9 Å². The monoisotopic (exact) mass is 334 g/mol. The van der Waals surface area contributed by atoms with Gasteiger partial charge in [0.15, 0.2) is 0 Å². The van der Waals surface area contributed by atoms with Crippen molar-refractivity contribution in [2.75, 3.05) is 20.2 Å². The zero-order valence-electron chi connectivity index (χ0n) is 14.4. The summed E-state index contributed by atoms with van der Waals surface area (Å²) in [6, 6.07) is 18.9. The molecular weight excluding hydrogens is 312 g/mol. The Labute approximate surface area is 147 Å². The average molecular weight is 334 g/mol. The van der Waals surface area contributed by atoms with E-state index in [1.54, 1.807) is 0 Å². The van der Waals surface area contributed by atoms with Crippen LogP contribution in [0.1, 0.15) is 28.4 Å². The number of carbonyl (C=O) groups is 1. The van der Waals surface area contributed by atoms with Crippen molar-refractivity contribution >= 4 is 16.9 Å². The fraction of sp³-hybridized carbons (Fsp3) is 0.286. The molecule has 0 saturated carbocycles. The molecule has 1 saturated heterocycles. The van der Waals surface area contributed by atoms with Gasteiger partial charge in [-0.3, -0.25) is 4.90 Å². The van der Waals surface area contributed by atoms with E-state index in [2.05, 4.69) is 52.1 Å². The van der Waals surface area contributed by atoms with Crippen LogP contribution in [-0.2, 0) is 11.3 Å². The lowest BCUT2D eigenvalue weighted by Gasteiger charge is -2.18. The molecule has 1 fully saturated rings. The highest BCUT2D eigenvalue weighted by Gasteiger charge is 2.24. The molecule has 1 atom stereocenters. The van der Waals surface area contributed by atoms with Gasteiger partial charge in [-0.05, 0) is 35.6 Å². The number of fused-ring (bicyclic) bond motifs is 1. The van der Waals surface area contributed by atoms with Crippen LogP contribution < -0.4 is 0 Å². The first-order valence-corrected chi connectivity index (χ1v) is 8.70. The molecule has 1 aromatic heterocycles. The maximum absolute atomic E-state index is 11.8. The number of benzene rings is 2. The summed E-state index contributed by atoms with van der Waals surface area (Å²) < 4.78 is 7.17. The van der Waals surface area contributed by atoms with E-state index < -0.39 is 0 Å². The minimum atomic E-state index is -0.285. The van der Waals surface area contributed by atoms with Gasteiger partial charge in [0.1, 0.15) is 0 Å². The minimum Gasteiger partial charge on any atom is -0.465 e. The standard InChI is InChI=1S/C21H22N2O2/c1-25-21(24)18-8-7-17-9-12-23(20(17)13-18)19-10-11-22(15-19)14-16-5-3-2-4-6-16/h2-9,12-13,19H,10-11,14-15H2,1H3. The van der Waals surface area contributed by atoms with E-state index in [0.717, 1.165) is 37.0 Å². The molecule has 1 aliphatic heterocycles. The van der Waals surface area contributed by atoms with Crippen LogP contribution in [0.4, 0.5) is 0 Å². The van der Waals surface area contributed by atoms with E-state index in [4.69, 9.17) is 4.74 Å². The molecule has 4 nitrogen and oxygen atoms in total. The van der Waals surface area contributed by atoms with E-state index >= 15 is 0 Å². The van der Waals surface area contributed by atoms with Crippen molar-refractivity contribution in [3.63, 3.8) is 0 Å². The number of esters is 1. The quantitative estimate of drug-likeness (QED) is 0.679. The molecule has 2 aromatic carbocycles. The Hall–Kier alpha value is -2.59. The molecule has 0 spiro atoms. The average Bonchev–Trinajstić information content (AvgIpc) is 3.27. The summed E-state index contributed by atoms with van der Waals surface area (Å²) in [4.78, 5) is 14.3. The lowest BCUT2D eigenvalue weighted by molar-refractivity contribution is 0.0601. The second-order valence-corrected chi connectivity index (χ2v) is 6.65. The lowest BCUT2D eigenvalue weighted by Crippen LogP contribution is -2.21. The van der Waals surface area contributed by atoms with Gasteiger partial charge in [-0.1, -0.05) is 36.4 Å². The lowest BCUT2D eigenvalue weighted by atomic mass is 10.1. The highest BCUT2D eigenvalue weighted by Crippen LogP contribution is 2.28. The zero-order valence-corrected chi connectivity index (χ0v) is 14.4. The first-order valence-electron chi connectivity index (χ1n) is 8.70. The Balaban J connectivity index is 1.55. The van der Waals surface area contributed by atoms with Crippen LogP contribution in [0, 0.1) is 0 Å². The van der Waals surface area contributed by atoms with Crippen LogP contribution in [-0.4, -0.2) is 35.6 Å². The summed E-state index contributed by atoms with van der Waals surface area (Å²) >= 11 is 0. The van der Waals surface area contributed by atoms with Crippen molar-refractivity contribution in [1.29, 1.82) is 0 Å². The first-order chi connectivity index (χ1) is 12.2. The number of aromatic nitrogens is 1. The van der Waals surface area contributed by atoms with E-state index in [9.17, 15) is 4.79 Å². The molecule has 0 radical (unpaired) electrons. The van der Waals surface area contributed by atoms with Gasteiger partial charge in [-0.25, -0.2) is 4.79 Å². The molecule has 1 unspecified atom stereocenters. The number of ether oxygens (including phenoxy) is 1. The Morgan fingerprint density at radius 2 is 2.00 bits per heavy atom. The minimum absolute atomic E-state index is 0.285. The molecule has 128 valence electrons. The van der Waals surface area contributed by atoms with Gasteiger partial charge < -0.3 is 9.30 Å². The van der Waals surface area contributed by atoms with Crippen molar-refractivity contribution in [3.8, 4) is 0 Å². The summed E-state index contributed by atoms with van der Waals surface area (Å²) in [5.74, 6) is -0.285. The van der Waals surface area contributed by atoms with Crippen molar-refractivity contribution in [2.45, 2.75) is 19.0 Å². The topological polar surface area (TPSA) is 34.5 Å². The summed E-state index contributed by atoms with van der Waals surface area (Å²) in [5.41, 5.74) is 3.07. The fourth-order valence-corrected chi connectivity index (χ4v) is 3.74. The molecule has 1 aliphatic rings. The van der Waals surface area contributed by atoms with Gasteiger partial charge in [-0.15, -0.1) is 0 Å². The third-order valence-electron chi connectivity index (χ3n) is 5.03. The van der Waals surface area contributed by atoms with E-state index in [1.165, 1.54) is 12.7 Å². The van der Waals surface area contributed by atoms with Gasteiger partial charge >= 0.3 is 5.97 Å². The van der Waals surface area contributed by atoms with Gasteiger partial charge in [-0.2, -0.15) is 0 Å². The largest absolute Gasteiger partial charge is 0.465 e. The van der Waals surface area contributed by atoms with Crippen LogP contribution in [0.5, 0.6) is 0 Å². The van der Waals surface area contributed by atoms with Gasteiger partial charge in [0.2, 0.25) is 0 Å². The number of likely N-dealkylation sites (tertiary alicyclic amines) is 1. The van der Waals surface area contributed by atoms with Crippen molar-refractivity contribution < 1.29 is 9.53 Å². The Morgan fingerprint density at radius 3 is 2.80 bits per heavy atom.